The summed E-state index contributed by atoms with van der Waals surface area (Å²) in [6.45, 7) is 14.0. The van der Waals surface area contributed by atoms with Gasteiger partial charge in [0.1, 0.15) is 0 Å². The molecule has 0 aliphatic carbocycles. The van der Waals surface area contributed by atoms with Gasteiger partial charge in [0.2, 0.25) is 0 Å². The van der Waals surface area contributed by atoms with Crippen molar-refractivity contribution >= 4 is 0 Å². The number of piperidine rings is 1. The second kappa shape index (κ2) is 6.61. The third-order valence-corrected chi connectivity index (χ3v) is 4.18. The van der Waals surface area contributed by atoms with E-state index in [1.807, 2.05) is 0 Å². The van der Waals surface area contributed by atoms with E-state index in [1.54, 1.807) is 0 Å². The molecule has 0 aromatic carbocycles. The van der Waals surface area contributed by atoms with Crippen LogP contribution < -0.4 is 5.32 Å². The van der Waals surface area contributed by atoms with Gasteiger partial charge in [-0.05, 0) is 45.6 Å². The molecular formula is C14H30N2. The highest BCUT2D eigenvalue weighted by molar-refractivity contribution is 4.86. The zero-order valence-electron chi connectivity index (χ0n) is 11.8. The second-order valence-corrected chi connectivity index (χ2v) is 5.54. The van der Waals surface area contributed by atoms with Crippen LogP contribution in [0.3, 0.4) is 0 Å². The molecule has 2 nitrogen and oxygen atoms in total. The molecular weight excluding hydrogens is 196 g/mol. The Morgan fingerprint density at radius 2 is 1.94 bits per heavy atom. The van der Waals surface area contributed by atoms with E-state index in [2.05, 4.69) is 44.8 Å². The molecule has 1 saturated heterocycles. The maximum atomic E-state index is 3.62. The van der Waals surface area contributed by atoms with Gasteiger partial charge in [0.25, 0.3) is 0 Å². The van der Waals surface area contributed by atoms with Crippen LogP contribution in [0.25, 0.3) is 0 Å². The standard InChI is InChI=1S/C14H30N2/c1-6-14(15-7-2)13(5)16-10-11(3)8-9-12(16)4/h11-15H,6-10H2,1-5H3. The Hall–Kier alpha value is -0.0800. The quantitative estimate of drug-likeness (QED) is 0.775. The molecule has 16 heavy (non-hydrogen) atoms. The first-order valence-electron chi connectivity index (χ1n) is 7.09. The normalized spacial score (nSPS) is 31.3. The van der Waals surface area contributed by atoms with E-state index in [4.69, 9.17) is 0 Å². The van der Waals surface area contributed by atoms with Gasteiger partial charge in [-0.2, -0.15) is 0 Å². The highest BCUT2D eigenvalue weighted by atomic mass is 15.2. The van der Waals surface area contributed by atoms with Gasteiger partial charge in [0, 0.05) is 24.7 Å². The molecule has 0 saturated carbocycles. The highest BCUT2D eigenvalue weighted by Gasteiger charge is 2.29. The van der Waals surface area contributed by atoms with Crippen LogP contribution in [-0.2, 0) is 0 Å². The minimum absolute atomic E-state index is 0.651. The van der Waals surface area contributed by atoms with E-state index < -0.39 is 0 Å². The van der Waals surface area contributed by atoms with E-state index in [0.717, 1.165) is 18.5 Å². The van der Waals surface area contributed by atoms with Gasteiger partial charge in [0.05, 0.1) is 0 Å². The fourth-order valence-corrected chi connectivity index (χ4v) is 3.04. The summed E-state index contributed by atoms with van der Waals surface area (Å²) in [4.78, 5) is 2.71. The molecule has 1 aliphatic heterocycles. The molecule has 1 N–H and O–H groups in total. The Balaban J connectivity index is 2.58. The number of likely N-dealkylation sites (tertiary alicyclic amines) is 1. The van der Waals surface area contributed by atoms with Crippen LogP contribution in [0, 0.1) is 5.92 Å². The Kier molecular flexibility index (Phi) is 5.77. The van der Waals surface area contributed by atoms with Crippen LogP contribution in [-0.4, -0.2) is 36.1 Å². The number of nitrogens with zero attached hydrogens (tertiary/aromatic N) is 1. The molecule has 0 aromatic rings. The van der Waals surface area contributed by atoms with E-state index in [-0.39, 0.29) is 0 Å². The first kappa shape index (κ1) is 14.0. The lowest BCUT2D eigenvalue weighted by molar-refractivity contribution is 0.0649. The van der Waals surface area contributed by atoms with E-state index >= 15 is 0 Å². The first-order chi connectivity index (χ1) is 7.60. The number of likely N-dealkylation sites (N-methyl/N-ethyl adjacent to an activating group) is 1. The molecule has 0 bridgehead atoms. The van der Waals surface area contributed by atoms with Gasteiger partial charge >= 0.3 is 0 Å². The summed E-state index contributed by atoms with van der Waals surface area (Å²) in [6.07, 6.45) is 4.00. The summed E-state index contributed by atoms with van der Waals surface area (Å²) in [5.74, 6) is 0.873. The zero-order valence-corrected chi connectivity index (χ0v) is 11.8. The molecule has 4 atom stereocenters. The third-order valence-electron chi connectivity index (χ3n) is 4.18. The topological polar surface area (TPSA) is 15.3 Å². The second-order valence-electron chi connectivity index (χ2n) is 5.54. The van der Waals surface area contributed by atoms with Crippen LogP contribution >= 0.6 is 0 Å². The lowest BCUT2D eigenvalue weighted by Gasteiger charge is -2.43. The molecule has 96 valence electrons. The number of hydrogen-bond acceptors (Lipinski definition) is 2. The molecule has 2 heteroatoms. The summed E-state index contributed by atoms with van der Waals surface area (Å²) in [5, 5.41) is 3.62. The van der Waals surface area contributed by atoms with Crippen molar-refractivity contribution in [3.8, 4) is 0 Å². The summed E-state index contributed by atoms with van der Waals surface area (Å²) in [6, 6.07) is 2.08. The third kappa shape index (κ3) is 3.46. The van der Waals surface area contributed by atoms with Gasteiger partial charge in [-0.3, -0.25) is 4.90 Å². The van der Waals surface area contributed by atoms with E-state index in [9.17, 15) is 0 Å². The van der Waals surface area contributed by atoms with Crippen LogP contribution in [0.15, 0.2) is 0 Å². The van der Waals surface area contributed by atoms with Gasteiger partial charge in [-0.15, -0.1) is 0 Å². The zero-order chi connectivity index (χ0) is 12.1. The summed E-state index contributed by atoms with van der Waals surface area (Å²) in [5.41, 5.74) is 0. The van der Waals surface area contributed by atoms with Crippen molar-refractivity contribution in [3.05, 3.63) is 0 Å². The molecule has 1 rings (SSSR count). The SMILES string of the molecule is CCNC(CC)C(C)N1CC(C)CCC1C. The van der Waals surface area contributed by atoms with Gasteiger partial charge in [-0.1, -0.05) is 20.8 Å². The molecule has 0 aromatic heterocycles. The van der Waals surface area contributed by atoms with Crippen LogP contribution in [0.4, 0.5) is 0 Å². The van der Waals surface area contributed by atoms with Crippen LogP contribution in [0.2, 0.25) is 0 Å². The monoisotopic (exact) mass is 226 g/mol. The largest absolute Gasteiger partial charge is 0.313 e. The first-order valence-corrected chi connectivity index (χ1v) is 7.09. The van der Waals surface area contributed by atoms with E-state index in [0.29, 0.717) is 12.1 Å². The lowest BCUT2D eigenvalue weighted by Crippen LogP contribution is -2.54. The molecule has 0 amide bonds. The van der Waals surface area contributed by atoms with Crippen molar-refractivity contribution in [1.29, 1.82) is 0 Å². The summed E-state index contributed by atoms with van der Waals surface area (Å²) < 4.78 is 0. The fourth-order valence-electron chi connectivity index (χ4n) is 3.04. The molecule has 0 spiro atoms. The Morgan fingerprint density at radius 1 is 1.25 bits per heavy atom. The van der Waals surface area contributed by atoms with Crippen molar-refractivity contribution in [2.24, 2.45) is 5.92 Å². The van der Waals surface area contributed by atoms with Crippen molar-refractivity contribution in [3.63, 3.8) is 0 Å². The average molecular weight is 226 g/mol. The lowest BCUT2D eigenvalue weighted by atomic mass is 9.91. The fraction of sp³-hybridized carbons (Fsp3) is 1.00. The van der Waals surface area contributed by atoms with Gasteiger partial charge in [0.15, 0.2) is 0 Å². The number of nitrogens with one attached hydrogen (secondary N) is 1. The minimum Gasteiger partial charge on any atom is -0.313 e. The smallest absolute Gasteiger partial charge is 0.0223 e. The van der Waals surface area contributed by atoms with Crippen molar-refractivity contribution in [2.75, 3.05) is 13.1 Å². The maximum Gasteiger partial charge on any atom is 0.0223 e. The molecule has 4 unspecified atom stereocenters. The van der Waals surface area contributed by atoms with Crippen LogP contribution in [0.1, 0.15) is 53.9 Å². The molecule has 1 aliphatic rings. The maximum absolute atomic E-state index is 3.62. The molecule has 1 heterocycles. The summed E-state index contributed by atoms with van der Waals surface area (Å²) >= 11 is 0. The average Bonchev–Trinajstić information content (AvgIpc) is 2.28. The van der Waals surface area contributed by atoms with Crippen LogP contribution in [0.5, 0.6) is 0 Å². The molecule has 1 fully saturated rings. The Labute approximate surface area is 102 Å². The molecule has 0 radical (unpaired) electrons. The van der Waals surface area contributed by atoms with Crippen molar-refractivity contribution in [1.82, 2.24) is 10.2 Å². The Morgan fingerprint density at radius 3 is 2.50 bits per heavy atom. The number of rotatable bonds is 5. The highest BCUT2D eigenvalue weighted by Crippen LogP contribution is 2.24. The minimum atomic E-state index is 0.651. The predicted molar refractivity (Wildman–Crippen MR) is 71.8 cm³/mol. The van der Waals surface area contributed by atoms with Crippen molar-refractivity contribution < 1.29 is 0 Å². The van der Waals surface area contributed by atoms with E-state index in [1.165, 1.54) is 25.8 Å². The predicted octanol–water partition coefficient (Wildman–Crippen LogP) is 2.88. The van der Waals surface area contributed by atoms with Gasteiger partial charge in [-0.25, -0.2) is 0 Å². The number of hydrogen-bond donors (Lipinski definition) is 1. The van der Waals surface area contributed by atoms with Gasteiger partial charge < -0.3 is 5.32 Å². The Bertz CT molecular complexity index is 193. The van der Waals surface area contributed by atoms with Crippen molar-refractivity contribution in [2.45, 2.75) is 72.0 Å². The summed E-state index contributed by atoms with van der Waals surface area (Å²) in [7, 11) is 0.